The third-order valence-corrected chi connectivity index (χ3v) is 1.78. The lowest BCUT2D eigenvalue weighted by Crippen LogP contribution is -2.40. The molecule has 0 aromatic carbocycles. The van der Waals surface area contributed by atoms with Crippen LogP contribution in [0.1, 0.15) is 6.92 Å². The Morgan fingerprint density at radius 1 is 1.12 bits per heavy atom. The normalized spacial score (nSPS) is 15.8. The second-order valence-corrected chi connectivity index (χ2v) is 3.46. The summed E-state index contributed by atoms with van der Waals surface area (Å²) in [5, 5.41) is 17.2. The van der Waals surface area contributed by atoms with Gasteiger partial charge in [0.05, 0.1) is 13.2 Å². The Hall–Kier alpha value is -1.22. The van der Waals surface area contributed by atoms with E-state index in [0.29, 0.717) is 0 Å². The monoisotopic (exact) mass is 250 g/mol. The number of aliphatic hydroxyl groups excluding tert-OH is 2. The topological polar surface area (TPSA) is 145 Å². The predicted molar refractivity (Wildman–Crippen MR) is 56.6 cm³/mol. The number of carbonyl (C=O) groups excluding carboxylic acids is 2. The highest BCUT2D eigenvalue weighted by molar-refractivity contribution is 5.76. The molecule has 0 saturated heterocycles. The standard InChI is InChI=1S/C9H18N2O6/c1-5(17-9(15)7(11)3-13)4-16-8(14)6(10)2-12/h5-7,12-13H,2-4,10-11H2,1H3/t5?,6-,7-/m0/s1. The van der Waals surface area contributed by atoms with Gasteiger partial charge in [-0.1, -0.05) is 0 Å². The van der Waals surface area contributed by atoms with Gasteiger partial charge in [-0.25, -0.2) is 0 Å². The number of hydrogen-bond acceptors (Lipinski definition) is 8. The first-order valence-corrected chi connectivity index (χ1v) is 5.02. The minimum atomic E-state index is -1.12. The molecular weight excluding hydrogens is 232 g/mol. The van der Waals surface area contributed by atoms with Gasteiger partial charge < -0.3 is 31.2 Å². The van der Waals surface area contributed by atoms with E-state index in [1.165, 1.54) is 6.92 Å². The Morgan fingerprint density at radius 3 is 2.06 bits per heavy atom. The van der Waals surface area contributed by atoms with E-state index in [1.807, 2.05) is 0 Å². The molecule has 0 fully saturated rings. The molecule has 3 atom stereocenters. The molecule has 0 heterocycles. The molecule has 0 radical (unpaired) electrons. The van der Waals surface area contributed by atoms with Crippen LogP contribution >= 0.6 is 0 Å². The Morgan fingerprint density at radius 2 is 1.59 bits per heavy atom. The molecule has 17 heavy (non-hydrogen) atoms. The molecule has 0 saturated carbocycles. The number of esters is 2. The molecule has 0 bridgehead atoms. The minimum absolute atomic E-state index is 0.198. The second kappa shape index (κ2) is 7.96. The second-order valence-electron chi connectivity index (χ2n) is 3.46. The number of carbonyl (C=O) groups is 2. The molecule has 8 heteroatoms. The summed E-state index contributed by atoms with van der Waals surface area (Å²) in [6.45, 7) is 0.235. The Labute approximate surface area is 98.5 Å². The summed E-state index contributed by atoms with van der Waals surface area (Å²) < 4.78 is 9.43. The van der Waals surface area contributed by atoms with Crippen molar-refractivity contribution in [2.45, 2.75) is 25.1 Å². The highest BCUT2D eigenvalue weighted by Crippen LogP contribution is 1.96. The molecular formula is C9H18N2O6. The Bertz CT molecular complexity index is 260. The third-order valence-electron chi connectivity index (χ3n) is 1.78. The Kier molecular flexibility index (Phi) is 7.39. The molecule has 100 valence electrons. The maximum Gasteiger partial charge on any atom is 0.325 e. The van der Waals surface area contributed by atoms with E-state index in [1.54, 1.807) is 0 Å². The van der Waals surface area contributed by atoms with Gasteiger partial charge in [-0.2, -0.15) is 0 Å². The SMILES string of the molecule is CC(COC(=O)[C@@H](N)CO)OC(=O)[C@@H](N)CO. The number of rotatable bonds is 7. The lowest BCUT2D eigenvalue weighted by molar-refractivity contribution is -0.160. The number of nitrogens with two attached hydrogens (primary N) is 2. The molecule has 8 nitrogen and oxygen atoms in total. The quantitative estimate of drug-likeness (QED) is 0.352. The van der Waals surface area contributed by atoms with Crippen LogP contribution in [0.3, 0.4) is 0 Å². The number of aliphatic hydroxyl groups is 2. The van der Waals surface area contributed by atoms with Crippen molar-refractivity contribution >= 4 is 11.9 Å². The van der Waals surface area contributed by atoms with E-state index in [4.69, 9.17) is 26.4 Å². The van der Waals surface area contributed by atoms with Gasteiger partial charge in [0, 0.05) is 0 Å². The zero-order chi connectivity index (χ0) is 13.4. The van der Waals surface area contributed by atoms with E-state index in [2.05, 4.69) is 4.74 Å². The predicted octanol–water partition coefficient (Wildman–Crippen LogP) is -2.90. The van der Waals surface area contributed by atoms with Gasteiger partial charge in [-0.05, 0) is 6.92 Å². The van der Waals surface area contributed by atoms with E-state index >= 15 is 0 Å². The van der Waals surface area contributed by atoms with Crippen LogP contribution in [-0.2, 0) is 19.1 Å². The van der Waals surface area contributed by atoms with E-state index in [0.717, 1.165) is 0 Å². The fraction of sp³-hybridized carbons (Fsp3) is 0.778. The first-order chi connectivity index (χ1) is 7.92. The molecule has 0 aliphatic rings. The maximum absolute atomic E-state index is 11.1. The summed E-state index contributed by atoms with van der Waals surface area (Å²) in [6, 6.07) is -2.23. The largest absolute Gasteiger partial charge is 0.461 e. The lowest BCUT2D eigenvalue weighted by atomic mass is 10.3. The summed E-state index contributed by atoms with van der Waals surface area (Å²) in [7, 11) is 0. The van der Waals surface area contributed by atoms with Crippen molar-refractivity contribution in [3.8, 4) is 0 Å². The van der Waals surface area contributed by atoms with Gasteiger partial charge in [0.1, 0.15) is 24.8 Å². The molecule has 0 spiro atoms. The molecule has 0 aromatic heterocycles. The van der Waals surface area contributed by atoms with E-state index in [-0.39, 0.29) is 6.61 Å². The van der Waals surface area contributed by atoms with Crippen molar-refractivity contribution in [3.63, 3.8) is 0 Å². The summed E-state index contributed by atoms with van der Waals surface area (Å²) >= 11 is 0. The van der Waals surface area contributed by atoms with Crippen molar-refractivity contribution in [2.75, 3.05) is 19.8 Å². The fourth-order valence-corrected chi connectivity index (χ4v) is 0.775. The van der Waals surface area contributed by atoms with Gasteiger partial charge in [-0.3, -0.25) is 9.59 Å². The number of hydrogen-bond donors (Lipinski definition) is 4. The summed E-state index contributed by atoms with van der Waals surface area (Å²) in [5.41, 5.74) is 10.4. The van der Waals surface area contributed by atoms with Crippen molar-refractivity contribution in [3.05, 3.63) is 0 Å². The summed E-state index contributed by atoms with van der Waals surface area (Å²) in [5.74, 6) is -1.58. The zero-order valence-electron chi connectivity index (χ0n) is 9.54. The van der Waals surface area contributed by atoms with Crippen LogP contribution in [0, 0.1) is 0 Å². The molecule has 0 rings (SSSR count). The molecule has 0 aliphatic carbocycles. The van der Waals surface area contributed by atoms with Gasteiger partial charge >= 0.3 is 11.9 Å². The smallest absolute Gasteiger partial charge is 0.325 e. The van der Waals surface area contributed by atoms with Crippen LogP contribution in [0.25, 0.3) is 0 Å². The first-order valence-electron chi connectivity index (χ1n) is 5.02. The highest BCUT2D eigenvalue weighted by atomic mass is 16.6. The minimum Gasteiger partial charge on any atom is -0.461 e. The van der Waals surface area contributed by atoms with Crippen molar-refractivity contribution < 1.29 is 29.3 Å². The average molecular weight is 250 g/mol. The zero-order valence-corrected chi connectivity index (χ0v) is 9.54. The van der Waals surface area contributed by atoms with Gasteiger partial charge in [0.15, 0.2) is 0 Å². The van der Waals surface area contributed by atoms with Crippen molar-refractivity contribution in [1.82, 2.24) is 0 Å². The van der Waals surface area contributed by atoms with Crippen molar-refractivity contribution in [1.29, 1.82) is 0 Å². The third kappa shape index (κ3) is 6.17. The van der Waals surface area contributed by atoms with Crippen LogP contribution in [0.5, 0.6) is 0 Å². The first kappa shape index (κ1) is 15.8. The van der Waals surface area contributed by atoms with Crippen LogP contribution in [0.4, 0.5) is 0 Å². The summed E-state index contributed by atoms with van der Waals surface area (Å²) in [4.78, 5) is 22.1. The van der Waals surface area contributed by atoms with Crippen LogP contribution in [0.2, 0.25) is 0 Å². The molecule has 1 unspecified atom stereocenters. The van der Waals surface area contributed by atoms with E-state index in [9.17, 15) is 9.59 Å². The maximum atomic E-state index is 11.1. The van der Waals surface area contributed by atoms with Gasteiger partial charge in [0.25, 0.3) is 0 Å². The molecule has 0 aromatic rings. The van der Waals surface area contributed by atoms with Gasteiger partial charge in [0.2, 0.25) is 0 Å². The van der Waals surface area contributed by atoms with Crippen LogP contribution < -0.4 is 11.5 Å². The van der Waals surface area contributed by atoms with Crippen LogP contribution in [0.15, 0.2) is 0 Å². The highest BCUT2D eigenvalue weighted by Gasteiger charge is 2.19. The Balaban J connectivity index is 3.91. The van der Waals surface area contributed by atoms with Crippen LogP contribution in [-0.4, -0.2) is 60.2 Å². The summed E-state index contributed by atoms with van der Waals surface area (Å²) in [6.07, 6.45) is -0.713. The lowest BCUT2D eigenvalue weighted by Gasteiger charge is -2.16. The number of ether oxygens (including phenoxy) is 2. The molecule has 0 aliphatic heterocycles. The molecule has 6 N–H and O–H groups in total. The van der Waals surface area contributed by atoms with Gasteiger partial charge in [-0.15, -0.1) is 0 Å². The fourth-order valence-electron chi connectivity index (χ4n) is 0.775. The average Bonchev–Trinajstić information content (AvgIpc) is 2.33. The van der Waals surface area contributed by atoms with E-state index < -0.39 is 43.3 Å². The van der Waals surface area contributed by atoms with Crippen molar-refractivity contribution in [2.24, 2.45) is 11.5 Å². The molecule has 0 amide bonds.